The Labute approximate surface area is 104 Å². The molecule has 0 aliphatic rings. The summed E-state index contributed by atoms with van der Waals surface area (Å²) in [6.07, 6.45) is 0. The van der Waals surface area contributed by atoms with E-state index in [9.17, 15) is 4.79 Å². The highest BCUT2D eigenvalue weighted by atomic mass is 32.2. The molecule has 17 heavy (non-hydrogen) atoms. The molecular weight excluding hydrogens is 240 g/mol. The number of nitrogens with zero attached hydrogens (tertiary/aromatic N) is 2. The van der Waals surface area contributed by atoms with Crippen molar-refractivity contribution < 1.29 is 9.53 Å². The van der Waals surface area contributed by atoms with Crippen LogP contribution in [0.2, 0.25) is 0 Å². The monoisotopic (exact) mass is 256 g/mol. The Balaban J connectivity index is 2.36. The smallest absolute Gasteiger partial charge is 0.230 e. The summed E-state index contributed by atoms with van der Waals surface area (Å²) in [4.78, 5) is 19.6. The molecule has 0 aliphatic carbocycles. The Hall–Kier alpha value is -1.34. The largest absolute Gasteiger partial charge is 0.384 e. The summed E-state index contributed by atoms with van der Waals surface area (Å²) in [7, 11) is 1.59. The maximum Gasteiger partial charge on any atom is 0.230 e. The van der Waals surface area contributed by atoms with Gasteiger partial charge in [0, 0.05) is 25.4 Å². The van der Waals surface area contributed by atoms with E-state index in [-0.39, 0.29) is 11.7 Å². The van der Waals surface area contributed by atoms with Crippen molar-refractivity contribution in [3.63, 3.8) is 0 Å². The summed E-state index contributed by atoms with van der Waals surface area (Å²) in [5.41, 5.74) is 6.37. The fourth-order valence-electron chi connectivity index (χ4n) is 1.10. The van der Waals surface area contributed by atoms with Crippen LogP contribution in [-0.2, 0) is 9.53 Å². The van der Waals surface area contributed by atoms with Gasteiger partial charge in [0.05, 0.1) is 12.4 Å². The summed E-state index contributed by atoms with van der Waals surface area (Å²) in [5.74, 6) is 0.614. The lowest BCUT2D eigenvalue weighted by Gasteiger charge is -2.04. The van der Waals surface area contributed by atoms with Crippen LogP contribution >= 0.6 is 11.8 Å². The molecule has 0 unspecified atom stereocenters. The van der Waals surface area contributed by atoms with Gasteiger partial charge in [0.2, 0.25) is 5.91 Å². The third-order valence-corrected chi connectivity index (χ3v) is 2.66. The van der Waals surface area contributed by atoms with Gasteiger partial charge < -0.3 is 15.8 Å². The standard InChI is InChI=1S/C10H16N4O2S/c1-7-5-8(11)14-10(13-7)17-6-9(15)12-3-4-16-2/h5H,3-4,6H2,1-2H3,(H,12,15)(H2,11,13,14). The van der Waals surface area contributed by atoms with Crippen molar-refractivity contribution >= 4 is 23.5 Å². The number of hydrogen-bond acceptors (Lipinski definition) is 6. The van der Waals surface area contributed by atoms with Crippen molar-refractivity contribution in [3.05, 3.63) is 11.8 Å². The van der Waals surface area contributed by atoms with E-state index < -0.39 is 0 Å². The maximum atomic E-state index is 11.4. The predicted molar refractivity (Wildman–Crippen MR) is 66.8 cm³/mol. The summed E-state index contributed by atoms with van der Waals surface area (Å²) < 4.78 is 4.82. The first kappa shape index (κ1) is 13.7. The Bertz CT molecular complexity index is 366. The van der Waals surface area contributed by atoms with Crippen LogP contribution in [0.15, 0.2) is 11.2 Å². The summed E-state index contributed by atoms with van der Waals surface area (Å²) in [6.45, 7) is 2.85. The normalized spacial score (nSPS) is 10.2. The second kappa shape index (κ2) is 7.08. The van der Waals surface area contributed by atoms with Crippen molar-refractivity contribution in [1.29, 1.82) is 0 Å². The van der Waals surface area contributed by atoms with E-state index in [1.54, 1.807) is 13.2 Å². The van der Waals surface area contributed by atoms with E-state index in [0.717, 1.165) is 5.69 Å². The number of methoxy groups -OCH3 is 1. The van der Waals surface area contributed by atoms with Crippen LogP contribution in [0.4, 0.5) is 5.82 Å². The number of hydrogen-bond donors (Lipinski definition) is 2. The number of thioether (sulfide) groups is 1. The molecule has 1 amide bonds. The average molecular weight is 256 g/mol. The number of rotatable bonds is 6. The number of nitrogens with two attached hydrogens (primary N) is 1. The summed E-state index contributed by atoms with van der Waals surface area (Å²) in [6, 6.07) is 1.68. The van der Waals surface area contributed by atoms with Gasteiger partial charge in [-0.25, -0.2) is 9.97 Å². The number of ether oxygens (including phenoxy) is 1. The number of anilines is 1. The Kier molecular flexibility index (Phi) is 5.71. The van der Waals surface area contributed by atoms with Crippen LogP contribution in [0.3, 0.4) is 0 Å². The molecule has 0 bridgehead atoms. The van der Waals surface area contributed by atoms with Crippen LogP contribution in [0.1, 0.15) is 5.69 Å². The van der Waals surface area contributed by atoms with Crippen LogP contribution < -0.4 is 11.1 Å². The fraction of sp³-hybridized carbons (Fsp3) is 0.500. The van der Waals surface area contributed by atoms with E-state index in [1.807, 2.05) is 6.92 Å². The highest BCUT2D eigenvalue weighted by molar-refractivity contribution is 7.99. The SMILES string of the molecule is COCCNC(=O)CSc1nc(C)cc(N)n1. The number of nitrogen functional groups attached to an aromatic ring is 1. The van der Waals surface area contributed by atoms with E-state index in [1.165, 1.54) is 11.8 Å². The number of amides is 1. The maximum absolute atomic E-state index is 11.4. The first-order valence-corrected chi connectivity index (χ1v) is 6.10. The summed E-state index contributed by atoms with van der Waals surface area (Å²) in [5, 5.41) is 3.23. The van der Waals surface area contributed by atoms with E-state index in [0.29, 0.717) is 24.1 Å². The second-order valence-corrected chi connectivity index (χ2v) is 4.29. The zero-order valence-electron chi connectivity index (χ0n) is 9.90. The van der Waals surface area contributed by atoms with Gasteiger partial charge in [-0.15, -0.1) is 0 Å². The van der Waals surface area contributed by atoms with Gasteiger partial charge in [-0.3, -0.25) is 4.79 Å². The number of carbonyl (C=O) groups is 1. The third kappa shape index (κ3) is 5.50. The predicted octanol–water partition coefficient (Wildman–Crippen LogP) is 0.222. The van der Waals surface area contributed by atoms with Crippen molar-refractivity contribution in [3.8, 4) is 0 Å². The first-order chi connectivity index (χ1) is 8.11. The van der Waals surface area contributed by atoms with Crippen LogP contribution in [0.25, 0.3) is 0 Å². The van der Waals surface area contributed by atoms with Gasteiger partial charge in [-0.1, -0.05) is 11.8 Å². The van der Waals surface area contributed by atoms with Gasteiger partial charge in [-0.05, 0) is 6.92 Å². The third-order valence-electron chi connectivity index (χ3n) is 1.81. The minimum atomic E-state index is -0.0734. The van der Waals surface area contributed by atoms with Gasteiger partial charge in [0.1, 0.15) is 5.82 Å². The molecular formula is C10H16N4O2S. The van der Waals surface area contributed by atoms with E-state index in [2.05, 4.69) is 15.3 Å². The van der Waals surface area contributed by atoms with Crippen LogP contribution in [0, 0.1) is 6.92 Å². The molecule has 0 radical (unpaired) electrons. The van der Waals surface area contributed by atoms with Crippen molar-refractivity contribution in [1.82, 2.24) is 15.3 Å². The molecule has 0 aromatic carbocycles. The Morgan fingerprint density at radius 3 is 3.00 bits per heavy atom. The van der Waals surface area contributed by atoms with Gasteiger partial charge in [-0.2, -0.15) is 0 Å². The average Bonchev–Trinajstić information content (AvgIpc) is 2.25. The molecule has 0 saturated carbocycles. The molecule has 0 saturated heterocycles. The molecule has 0 atom stereocenters. The van der Waals surface area contributed by atoms with Crippen LogP contribution in [0.5, 0.6) is 0 Å². The molecule has 1 aromatic rings. The lowest BCUT2D eigenvalue weighted by atomic mass is 10.4. The molecule has 0 fully saturated rings. The quantitative estimate of drug-likeness (QED) is 0.430. The molecule has 0 spiro atoms. The number of aromatic nitrogens is 2. The number of nitrogens with one attached hydrogen (secondary N) is 1. The molecule has 0 aliphatic heterocycles. The zero-order chi connectivity index (χ0) is 12.7. The lowest BCUT2D eigenvalue weighted by Crippen LogP contribution is -2.28. The molecule has 1 heterocycles. The molecule has 7 heteroatoms. The number of carbonyl (C=O) groups excluding carboxylic acids is 1. The molecule has 6 nitrogen and oxygen atoms in total. The highest BCUT2D eigenvalue weighted by Crippen LogP contribution is 2.14. The van der Waals surface area contributed by atoms with Crippen molar-refractivity contribution in [2.45, 2.75) is 12.1 Å². The van der Waals surface area contributed by atoms with Gasteiger partial charge in [0.15, 0.2) is 5.16 Å². The minimum Gasteiger partial charge on any atom is -0.384 e. The Morgan fingerprint density at radius 1 is 1.59 bits per heavy atom. The molecule has 1 rings (SSSR count). The first-order valence-electron chi connectivity index (χ1n) is 5.11. The molecule has 3 N–H and O–H groups in total. The fourth-order valence-corrected chi connectivity index (χ4v) is 1.84. The van der Waals surface area contributed by atoms with E-state index >= 15 is 0 Å². The van der Waals surface area contributed by atoms with E-state index in [4.69, 9.17) is 10.5 Å². The number of aryl methyl sites for hydroxylation is 1. The minimum absolute atomic E-state index is 0.0734. The lowest BCUT2D eigenvalue weighted by molar-refractivity contribution is -0.118. The topological polar surface area (TPSA) is 90.1 Å². The van der Waals surface area contributed by atoms with Crippen molar-refractivity contribution in [2.75, 3.05) is 31.7 Å². The second-order valence-electron chi connectivity index (χ2n) is 3.35. The molecule has 1 aromatic heterocycles. The van der Waals surface area contributed by atoms with Gasteiger partial charge >= 0.3 is 0 Å². The van der Waals surface area contributed by atoms with Gasteiger partial charge in [0.25, 0.3) is 0 Å². The summed E-state index contributed by atoms with van der Waals surface area (Å²) >= 11 is 1.26. The Morgan fingerprint density at radius 2 is 2.35 bits per heavy atom. The highest BCUT2D eigenvalue weighted by Gasteiger charge is 2.05. The van der Waals surface area contributed by atoms with Crippen molar-refractivity contribution in [2.24, 2.45) is 0 Å². The van der Waals surface area contributed by atoms with Crippen LogP contribution in [-0.4, -0.2) is 41.9 Å². The zero-order valence-corrected chi connectivity index (χ0v) is 10.7. The molecule has 94 valence electrons.